The van der Waals surface area contributed by atoms with Crippen LogP contribution >= 0.6 is 0 Å². The number of hydrogen-bond acceptors (Lipinski definition) is 2. The topological polar surface area (TPSA) is 15.6 Å². The maximum absolute atomic E-state index is 4.89. The van der Waals surface area contributed by atoms with Crippen LogP contribution in [0.3, 0.4) is 0 Å². The molecule has 120 valence electrons. The number of nitrogens with zero attached hydrogens (tertiary/aromatic N) is 2. The predicted molar refractivity (Wildman–Crippen MR) is 101 cm³/mol. The van der Waals surface area contributed by atoms with E-state index >= 15 is 0 Å². The van der Waals surface area contributed by atoms with Gasteiger partial charge in [-0.2, -0.15) is 5.10 Å². The van der Waals surface area contributed by atoms with E-state index in [0.717, 1.165) is 24.4 Å². The molecule has 0 spiro atoms. The molecule has 0 aromatic heterocycles. The number of rotatable bonds is 6. The summed E-state index contributed by atoms with van der Waals surface area (Å²) in [6.45, 7) is 3.65. The Morgan fingerprint density at radius 3 is 1.54 bits per heavy atom. The van der Waals surface area contributed by atoms with Crippen LogP contribution in [0.1, 0.15) is 23.6 Å². The molecule has 2 nitrogen and oxygen atoms in total. The van der Waals surface area contributed by atoms with Crippen LogP contribution in [0.5, 0.6) is 0 Å². The molecule has 0 aliphatic rings. The fourth-order valence-corrected chi connectivity index (χ4v) is 2.66. The van der Waals surface area contributed by atoms with Crippen molar-refractivity contribution in [3.63, 3.8) is 0 Å². The zero-order valence-corrected chi connectivity index (χ0v) is 14.0. The second kappa shape index (κ2) is 8.11. The van der Waals surface area contributed by atoms with Gasteiger partial charge in [0.15, 0.2) is 0 Å². The van der Waals surface area contributed by atoms with Gasteiger partial charge in [0.1, 0.15) is 0 Å². The van der Waals surface area contributed by atoms with E-state index in [4.69, 9.17) is 5.10 Å². The molecule has 0 atom stereocenters. The molecule has 3 aromatic rings. The van der Waals surface area contributed by atoms with Crippen molar-refractivity contribution in [3.05, 3.63) is 108 Å². The quantitative estimate of drug-likeness (QED) is 0.456. The molecule has 0 unspecified atom stereocenters. The first-order chi connectivity index (χ1) is 11.8. The molecular formula is C22H22N2. The lowest BCUT2D eigenvalue weighted by atomic mass is 10.1. The molecule has 0 amide bonds. The van der Waals surface area contributed by atoms with E-state index in [-0.39, 0.29) is 0 Å². The minimum absolute atomic E-state index is 0.792. The third-order valence-corrected chi connectivity index (χ3v) is 3.90. The first kappa shape index (κ1) is 16.0. The van der Waals surface area contributed by atoms with Crippen molar-refractivity contribution in [2.24, 2.45) is 5.10 Å². The molecule has 24 heavy (non-hydrogen) atoms. The Bertz CT molecular complexity index is 723. The number of hydrazone groups is 1. The molecule has 0 aliphatic carbocycles. The van der Waals surface area contributed by atoms with E-state index < -0.39 is 0 Å². The van der Waals surface area contributed by atoms with Gasteiger partial charge >= 0.3 is 0 Å². The minimum atomic E-state index is 0.792. The van der Waals surface area contributed by atoms with E-state index in [2.05, 4.69) is 72.6 Å². The average Bonchev–Trinajstić information content (AvgIpc) is 2.64. The third-order valence-electron chi connectivity index (χ3n) is 3.90. The molecule has 0 heterocycles. The minimum Gasteiger partial charge on any atom is -0.288 e. The predicted octanol–water partition coefficient (Wildman–Crippen LogP) is 5.11. The van der Waals surface area contributed by atoms with Crippen molar-refractivity contribution in [3.8, 4) is 0 Å². The highest BCUT2D eigenvalue weighted by Crippen LogP contribution is 2.12. The van der Waals surface area contributed by atoms with Gasteiger partial charge < -0.3 is 0 Å². The molecule has 0 bridgehead atoms. The van der Waals surface area contributed by atoms with E-state index in [9.17, 15) is 0 Å². The van der Waals surface area contributed by atoms with Gasteiger partial charge in [0.25, 0.3) is 0 Å². The zero-order chi connectivity index (χ0) is 16.6. The summed E-state index contributed by atoms with van der Waals surface area (Å²) < 4.78 is 0. The van der Waals surface area contributed by atoms with Crippen molar-refractivity contribution in [1.29, 1.82) is 0 Å². The fourth-order valence-electron chi connectivity index (χ4n) is 2.66. The molecular weight excluding hydrogens is 292 g/mol. The van der Waals surface area contributed by atoms with Crippen molar-refractivity contribution >= 4 is 5.71 Å². The maximum Gasteiger partial charge on any atom is 0.0646 e. The van der Waals surface area contributed by atoms with Crippen LogP contribution in [-0.4, -0.2) is 10.7 Å². The summed E-state index contributed by atoms with van der Waals surface area (Å²) in [5.41, 5.74) is 4.71. The lowest BCUT2D eigenvalue weighted by Gasteiger charge is -2.21. The molecule has 3 rings (SSSR count). The van der Waals surface area contributed by atoms with E-state index in [1.165, 1.54) is 11.1 Å². The van der Waals surface area contributed by atoms with Crippen LogP contribution in [-0.2, 0) is 13.1 Å². The summed E-state index contributed by atoms with van der Waals surface area (Å²) in [6, 6.07) is 31.3. The molecule has 0 saturated heterocycles. The molecule has 3 aromatic carbocycles. The van der Waals surface area contributed by atoms with Crippen LogP contribution in [0.15, 0.2) is 96.1 Å². The molecule has 0 fully saturated rings. The molecule has 0 aliphatic heterocycles. The SMILES string of the molecule is C/C(=N\N(Cc1ccccc1)Cc1ccccc1)c1ccccc1. The van der Waals surface area contributed by atoms with Crippen molar-refractivity contribution < 1.29 is 0 Å². The fraction of sp³-hybridized carbons (Fsp3) is 0.136. The Morgan fingerprint density at radius 1 is 0.667 bits per heavy atom. The van der Waals surface area contributed by atoms with Crippen LogP contribution in [0, 0.1) is 0 Å². The standard InChI is InChI=1S/C22H22N2/c1-19(22-15-9-4-10-16-22)23-24(17-20-11-5-2-6-12-20)18-21-13-7-3-8-14-21/h2-16H,17-18H2,1H3/b23-19+. The Kier molecular flexibility index (Phi) is 5.41. The van der Waals surface area contributed by atoms with Crippen LogP contribution < -0.4 is 0 Å². The smallest absolute Gasteiger partial charge is 0.0646 e. The van der Waals surface area contributed by atoms with Crippen molar-refractivity contribution in [2.45, 2.75) is 20.0 Å². The summed E-state index contributed by atoms with van der Waals surface area (Å²) >= 11 is 0. The number of hydrogen-bond donors (Lipinski definition) is 0. The first-order valence-electron chi connectivity index (χ1n) is 8.25. The first-order valence-corrected chi connectivity index (χ1v) is 8.25. The summed E-state index contributed by atoms with van der Waals surface area (Å²) in [7, 11) is 0. The van der Waals surface area contributed by atoms with Crippen LogP contribution in [0.2, 0.25) is 0 Å². The highest BCUT2D eigenvalue weighted by atomic mass is 15.4. The summed E-state index contributed by atoms with van der Waals surface area (Å²) in [4.78, 5) is 0. The molecule has 2 heteroatoms. The maximum atomic E-state index is 4.89. The van der Waals surface area contributed by atoms with E-state index in [1.807, 2.05) is 30.3 Å². The monoisotopic (exact) mass is 314 g/mol. The van der Waals surface area contributed by atoms with Crippen molar-refractivity contribution in [2.75, 3.05) is 0 Å². The van der Waals surface area contributed by atoms with Gasteiger partial charge in [-0.3, -0.25) is 5.01 Å². The summed E-state index contributed by atoms with van der Waals surface area (Å²) in [6.07, 6.45) is 0. The Morgan fingerprint density at radius 2 is 1.08 bits per heavy atom. The Labute approximate surface area is 144 Å². The summed E-state index contributed by atoms with van der Waals surface area (Å²) in [5, 5.41) is 7.02. The van der Waals surface area contributed by atoms with Gasteiger partial charge in [-0.25, -0.2) is 0 Å². The average molecular weight is 314 g/mol. The van der Waals surface area contributed by atoms with Gasteiger partial charge in [-0.05, 0) is 23.6 Å². The van der Waals surface area contributed by atoms with Crippen LogP contribution in [0.25, 0.3) is 0 Å². The lowest BCUT2D eigenvalue weighted by Crippen LogP contribution is -2.18. The molecule has 0 N–H and O–H groups in total. The Balaban J connectivity index is 1.83. The molecule has 0 saturated carbocycles. The summed E-state index contributed by atoms with van der Waals surface area (Å²) in [5.74, 6) is 0. The second-order valence-corrected chi connectivity index (χ2v) is 5.85. The van der Waals surface area contributed by atoms with E-state index in [1.54, 1.807) is 0 Å². The van der Waals surface area contributed by atoms with Gasteiger partial charge in [-0.1, -0.05) is 91.0 Å². The highest BCUT2D eigenvalue weighted by molar-refractivity contribution is 5.98. The van der Waals surface area contributed by atoms with Crippen LogP contribution in [0.4, 0.5) is 0 Å². The normalized spacial score (nSPS) is 11.3. The van der Waals surface area contributed by atoms with Gasteiger partial charge in [0.05, 0.1) is 18.8 Å². The second-order valence-electron chi connectivity index (χ2n) is 5.85. The highest BCUT2D eigenvalue weighted by Gasteiger charge is 2.06. The van der Waals surface area contributed by atoms with Gasteiger partial charge in [-0.15, -0.1) is 0 Å². The van der Waals surface area contributed by atoms with Gasteiger partial charge in [0, 0.05) is 0 Å². The molecule has 0 radical (unpaired) electrons. The zero-order valence-electron chi connectivity index (χ0n) is 14.0. The van der Waals surface area contributed by atoms with Gasteiger partial charge in [0.2, 0.25) is 0 Å². The van der Waals surface area contributed by atoms with E-state index in [0.29, 0.717) is 0 Å². The third kappa shape index (κ3) is 4.56. The lowest BCUT2D eigenvalue weighted by molar-refractivity contribution is 0.271. The largest absolute Gasteiger partial charge is 0.288 e. The number of benzene rings is 3. The Hall–Kier alpha value is -2.87. The van der Waals surface area contributed by atoms with Crippen molar-refractivity contribution in [1.82, 2.24) is 5.01 Å².